The molecule has 6 rings (SSSR count). The van der Waals surface area contributed by atoms with Gasteiger partial charge >= 0.3 is 12.3 Å². The summed E-state index contributed by atoms with van der Waals surface area (Å²) in [6, 6.07) is 3.15. The van der Waals surface area contributed by atoms with Gasteiger partial charge in [-0.05, 0) is 87.8 Å². The van der Waals surface area contributed by atoms with Gasteiger partial charge in [-0.1, -0.05) is 32.4 Å². The van der Waals surface area contributed by atoms with Crippen molar-refractivity contribution in [1.29, 1.82) is 0 Å². The van der Waals surface area contributed by atoms with Crippen molar-refractivity contribution in [1.82, 2.24) is 24.8 Å². The van der Waals surface area contributed by atoms with E-state index in [0.717, 1.165) is 4.90 Å². The fourth-order valence-corrected chi connectivity index (χ4v) is 10.0. The molecule has 3 fully saturated rings. The SMILES string of the molecule is CC[C@@H]1C[C@H](C)CC/C=C\[C@@H]2C[C@@]2(C(=O)NS(=O)(=O)C2(CF)CC2)NC(=O)[C@@H]2C[C@@H](Oc3nc(OC)cc4cc(OC)ccc34)CN2C(=O)[C@H]1N(C(=O)O)C(C)(C)C(F)(F)F. The van der Waals surface area contributed by atoms with Gasteiger partial charge in [0.2, 0.25) is 33.6 Å². The van der Waals surface area contributed by atoms with Gasteiger partial charge in [-0.15, -0.1) is 0 Å². The van der Waals surface area contributed by atoms with E-state index >= 15 is 4.79 Å². The van der Waals surface area contributed by atoms with E-state index in [4.69, 9.17) is 14.2 Å². The number of rotatable bonds is 11. The molecule has 0 radical (unpaired) electrons. The van der Waals surface area contributed by atoms with Crippen LogP contribution in [0.2, 0.25) is 0 Å². The van der Waals surface area contributed by atoms with Gasteiger partial charge in [0.1, 0.15) is 46.4 Å². The maximum atomic E-state index is 15.2. The van der Waals surface area contributed by atoms with Crippen molar-refractivity contribution in [3.63, 3.8) is 0 Å². The Morgan fingerprint density at radius 1 is 1.11 bits per heavy atom. The molecule has 3 N–H and O–H groups in total. The quantitative estimate of drug-likeness (QED) is 0.190. The van der Waals surface area contributed by atoms with Crippen LogP contribution in [0.25, 0.3) is 10.8 Å². The third-order valence-corrected chi connectivity index (χ3v) is 14.9. The third-order valence-electron chi connectivity index (χ3n) is 12.8. The zero-order chi connectivity index (χ0) is 44.9. The lowest BCUT2D eigenvalue weighted by Gasteiger charge is -2.46. The van der Waals surface area contributed by atoms with E-state index in [-0.39, 0.29) is 61.1 Å². The van der Waals surface area contributed by atoms with Crippen LogP contribution in [0.4, 0.5) is 22.4 Å². The Hall–Kier alpha value is -4.88. The summed E-state index contributed by atoms with van der Waals surface area (Å²) in [7, 11) is -1.65. The van der Waals surface area contributed by atoms with Crippen LogP contribution in [-0.2, 0) is 24.4 Å². The van der Waals surface area contributed by atoms with Crippen LogP contribution in [-0.4, -0.2) is 120 Å². The average Bonchev–Trinajstić information content (AvgIpc) is 4.10. The molecular weight excluding hydrogens is 831 g/mol. The summed E-state index contributed by atoms with van der Waals surface area (Å²) in [5.74, 6) is -4.37. The summed E-state index contributed by atoms with van der Waals surface area (Å²) in [5, 5.41) is 14.3. The average molecular weight is 884 g/mol. The molecule has 1 aromatic heterocycles. The number of benzene rings is 1. The van der Waals surface area contributed by atoms with Gasteiger partial charge in [0.25, 0.3) is 5.91 Å². The molecule has 1 saturated heterocycles. The van der Waals surface area contributed by atoms with Crippen molar-refractivity contribution in [3.8, 4) is 17.5 Å². The van der Waals surface area contributed by atoms with Crippen LogP contribution in [0, 0.1) is 17.8 Å². The molecule has 2 saturated carbocycles. The highest BCUT2D eigenvalue weighted by Crippen LogP contribution is 2.48. The summed E-state index contributed by atoms with van der Waals surface area (Å²) in [6.07, 6.45) is -4.00. The molecule has 0 spiro atoms. The number of carbonyl (C=O) groups excluding carboxylic acids is 3. The van der Waals surface area contributed by atoms with E-state index in [2.05, 4.69) is 10.3 Å². The number of aromatic nitrogens is 1. The molecule has 2 aliphatic heterocycles. The number of carboxylic acid groups (broad SMARTS) is 1. The molecule has 7 atom stereocenters. The van der Waals surface area contributed by atoms with Crippen molar-refractivity contribution < 1.29 is 64.5 Å². The Bertz CT molecular complexity index is 2180. The number of amides is 4. The zero-order valence-corrected chi connectivity index (χ0v) is 35.7. The maximum absolute atomic E-state index is 15.2. The first-order valence-corrected chi connectivity index (χ1v) is 21.8. The van der Waals surface area contributed by atoms with Crippen LogP contribution in [0.1, 0.15) is 79.1 Å². The number of carbonyl (C=O) groups is 4. The van der Waals surface area contributed by atoms with Crippen molar-refractivity contribution in [2.45, 2.75) is 119 Å². The first-order chi connectivity index (χ1) is 28.6. The van der Waals surface area contributed by atoms with E-state index < -0.39 is 99.1 Å². The van der Waals surface area contributed by atoms with E-state index in [0.29, 0.717) is 43.2 Å². The highest BCUT2D eigenvalue weighted by Gasteiger charge is 2.64. The lowest BCUT2D eigenvalue weighted by molar-refractivity contribution is -0.222. The van der Waals surface area contributed by atoms with E-state index in [1.54, 1.807) is 43.3 Å². The second kappa shape index (κ2) is 16.8. The summed E-state index contributed by atoms with van der Waals surface area (Å²) >= 11 is 0. The highest BCUT2D eigenvalue weighted by atomic mass is 32.2. The second-order valence-corrected chi connectivity index (χ2v) is 19.3. The lowest BCUT2D eigenvalue weighted by atomic mass is 9.82. The Morgan fingerprint density at radius 2 is 1.82 bits per heavy atom. The smallest absolute Gasteiger partial charge is 0.411 e. The minimum atomic E-state index is -5.13. The molecule has 336 valence electrons. The zero-order valence-electron chi connectivity index (χ0n) is 34.9. The molecule has 20 heteroatoms. The van der Waals surface area contributed by atoms with Gasteiger partial charge < -0.3 is 29.5 Å². The molecule has 2 aromatic rings. The van der Waals surface area contributed by atoms with Crippen LogP contribution in [0.5, 0.6) is 17.5 Å². The second-order valence-electron chi connectivity index (χ2n) is 17.2. The van der Waals surface area contributed by atoms with Crippen molar-refractivity contribution >= 4 is 44.6 Å². The van der Waals surface area contributed by atoms with E-state index in [9.17, 15) is 45.5 Å². The number of sulfonamides is 1. The minimum Gasteiger partial charge on any atom is -0.497 e. The van der Waals surface area contributed by atoms with Gasteiger partial charge in [-0.2, -0.15) is 18.2 Å². The standard InChI is InChI=1S/C41H53F4N5O10S/c1-7-24-16-23(2)10-8-9-11-26-20-40(26,36(53)48-61(56,57)39(22-42)14-15-39)47-33(51)30-19-28(60-34-29-13-12-27(58-5)17-25(29)18-31(46-34)59-6)21-49(30)35(52)32(24)50(37(54)55)38(3,4)41(43,44)45/h9,11-13,17-18,23-24,26,28,30,32H,7-8,10,14-16,19-22H2,1-6H3,(H,47,51)(H,48,53)(H,54,55)/b11-9-/t23-,24-,26-,28-,30+,32+,40-/m1/s1. The first kappa shape index (κ1) is 45.6. The highest BCUT2D eigenvalue weighted by molar-refractivity contribution is 7.91. The molecular formula is C41H53F4N5O10S. The van der Waals surface area contributed by atoms with Crippen molar-refractivity contribution in [3.05, 3.63) is 36.4 Å². The monoisotopic (exact) mass is 883 g/mol. The number of hydrogen-bond acceptors (Lipinski definition) is 10. The van der Waals surface area contributed by atoms with Gasteiger partial charge in [0.15, 0.2) is 0 Å². The van der Waals surface area contributed by atoms with Crippen LogP contribution in [0.15, 0.2) is 36.4 Å². The Labute approximate surface area is 351 Å². The predicted molar refractivity (Wildman–Crippen MR) is 213 cm³/mol. The predicted octanol–water partition coefficient (Wildman–Crippen LogP) is 5.52. The summed E-state index contributed by atoms with van der Waals surface area (Å²) in [5.41, 5.74) is -4.93. The number of allylic oxidation sites excluding steroid dienone is 1. The van der Waals surface area contributed by atoms with Crippen molar-refractivity contribution in [2.24, 2.45) is 17.8 Å². The molecule has 0 bridgehead atoms. The number of ether oxygens (including phenoxy) is 3. The molecule has 4 amide bonds. The largest absolute Gasteiger partial charge is 0.497 e. The number of alkyl halides is 4. The third kappa shape index (κ3) is 8.65. The summed E-state index contributed by atoms with van der Waals surface area (Å²) < 4.78 is 102. The van der Waals surface area contributed by atoms with Crippen molar-refractivity contribution in [2.75, 3.05) is 27.4 Å². The van der Waals surface area contributed by atoms with Crippen LogP contribution < -0.4 is 24.2 Å². The lowest BCUT2D eigenvalue weighted by Crippen LogP contribution is -2.66. The fourth-order valence-electron chi connectivity index (χ4n) is 8.58. The minimum absolute atomic E-state index is 0.00305. The van der Waals surface area contributed by atoms with Gasteiger partial charge in [-0.25, -0.2) is 17.6 Å². The first-order valence-electron chi connectivity index (χ1n) is 20.3. The fraction of sp³-hybridized carbons (Fsp3) is 0.634. The molecule has 15 nitrogen and oxygen atoms in total. The van der Waals surface area contributed by atoms with Gasteiger partial charge in [-0.3, -0.25) is 24.0 Å². The Kier molecular flexibility index (Phi) is 12.5. The summed E-state index contributed by atoms with van der Waals surface area (Å²) in [4.78, 5) is 62.5. The summed E-state index contributed by atoms with van der Waals surface area (Å²) in [6.45, 7) is 3.20. The number of pyridine rings is 1. The van der Waals surface area contributed by atoms with Gasteiger partial charge in [0, 0.05) is 23.8 Å². The Morgan fingerprint density at radius 3 is 2.41 bits per heavy atom. The number of fused-ring (bicyclic) bond motifs is 3. The Balaban J connectivity index is 1.45. The number of nitrogens with one attached hydrogen (secondary N) is 2. The molecule has 2 aliphatic carbocycles. The number of nitrogens with zero attached hydrogens (tertiary/aromatic N) is 3. The molecule has 0 unspecified atom stereocenters. The van der Waals surface area contributed by atoms with E-state index in [1.807, 2.05) is 11.6 Å². The molecule has 3 heterocycles. The van der Waals surface area contributed by atoms with Gasteiger partial charge in [0.05, 0.1) is 20.8 Å². The number of methoxy groups -OCH3 is 2. The molecule has 4 aliphatic rings. The topological polar surface area (TPSA) is 194 Å². The molecule has 61 heavy (non-hydrogen) atoms. The normalized spacial score (nSPS) is 28.6. The molecule has 1 aromatic carbocycles. The van der Waals surface area contributed by atoms with Crippen LogP contribution in [0.3, 0.4) is 0 Å². The van der Waals surface area contributed by atoms with Crippen LogP contribution >= 0.6 is 0 Å². The number of hydrogen-bond donors (Lipinski definition) is 3. The van der Waals surface area contributed by atoms with E-state index in [1.165, 1.54) is 14.2 Å². The maximum Gasteiger partial charge on any atom is 0.411 e. The number of halogens is 4.